The minimum absolute atomic E-state index is 0.0664. The Kier molecular flexibility index (Phi) is 6.09. The highest BCUT2D eigenvalue weighted by atomic mass is 32.1. The van der Waals surface area contributed by atoms with Crippen LogP contribution >= 0.6 is 11.3 Å². The van der Waals surface area contributed by atoms with Gasteiger partial charge in [0.2, 0.25) is 0 Å². The molecule has 0 aliphatic heterocycles. The van der Waals surface area contributed by atoms with Crippen molar-refractivity contribution in [3.8, 4) is 0 Å². The fourth-order valence-electron chi connectivity index (χ4n) is 4.83. The first kappa shape index (κ1) is 22.5. The molecular weight excluding hydrogens is 436 g/mol. The lowest BCUT2D eigenvalue weighted by Crippen LogP contribution is -2.27. The number of aliphatic imine (C=N–C) groups is 1. The second-order valence-electron chi connectivity index (χ2n) is 10.1. The van der Waals surface area contributed by atoms with Crippen molar-refractivity contribution in [3.63, 3.8) is 0 Å². The van der Waals surface area contributed by atoms with Gasteiger partial charge in [0.15, 0.2) is 0 Å². The van der Waals surface area contributed by atoms with Crippen molar-refractivity contribution >= 4 is 44.9 Å². The fourth-order valence-corrected chi connectivity index (χ4v) is 6.10. The molecule has 4 aromatic rings. The van der Waals surface area contributed by atoms with Gasteiger partial charge in [-0.2, -0.15) is 0 Å². The molecule has 0 spiro atoms. The summed E-state index contributed by atoms with van der Waals surface area (Å²) in [5.41, 5.74) is 4.04. The van der Waals surface area contributed by atoms with Gasteiger partial charge in [0.05, 0.1) is 5.56 Å². The summed E-state index contributed by atoms with van der Waals surface area (Å²) < 4.78 is 0. The van der Waals surface area contributed by atoms with Crippen molar-refractivity contribution in [1.29, 1.82) is 0 Å². The van der Waals surface area contributed by atoms with Crippen molar-refractivity contribution in [2.75, 3.05) is 5.32 Å². The second-order valence-corrected chi connectivity index (χ2v) is 11.2. The Bertz CT molecular complexity index is 1360. The van der Waals surface area contributed by atoms with E-state index >= 15 is 0 Å². The van der Waals surface area contributed by atoms with Gasteiger partial charge < -0.3 is 5.32 Å². The van der Waals surface area contributed by atoms with E-state index in [4.69, 9.17) is 4.99 Å². The number of carbonyl (C=O) groups excluding carboxylic acids is 1. The number of rotatable bonds is 4. The van der Waals surface area contributed by atoms with Gasteiger partial charge in [-0.25, -0.2) is 4.99 Å². The summed E-state index contributed by atoms with van der Waals surface area (Å²) in [6.07, 6.45) is 4.91. The van der Waals surface area contributed by atoms with Crippen LogP contribution in [0.1, 0.15) is 53.6 Å². The molecule has 0 fully saturated rings. The molecule has 34 heavy (non-hydrogen) atoms. The smallest absolute Gasteiger partial charge is 0.259 e. The van der Waals surface area contributed by atoms with Crippen LogP contribution in [0.4, 0.5) is 10.7 Å². The molecule has 5 rings (SSSR count). The molecule has 1 heterocycles. The van der Waals surface area contributed by atoms with E-state index in [2.05, 4.69) is 44.3 Å². The van der Waals surface area contributed by atoms with Crippen LogP contribution < -0.4 is 5.32 Å². The number of fused-ring (bicyclic) bond motifs is 2. The van der Waals surface area contributed by atoms with E-state index in [-0.39, 0.29) is 11.3 Å². The minimum Gasteiger partial charge on any atom is -0.321 e. The lowest BCUT2D eigenvalue weighted by molar-refractivity contribution is 0.102. The van der Waals surface area contributed by atoms with E-state index < -0.39 is 0 Å². The maximum atomic E-state index is 13.7. The molecule has 1 aromatic heterocycles. The minimum atomic E-state index is -0.0664. The third-order valence-electron chi connectivity index (χ3n) is 6.87. The van der Waals surface area contributed by atoms with E-state index in [1.165, 1.54) is 10.4 Å². The molecule has 3 nitrogen and oxygen atoms in total. The Morgan fingerprint density at radius 1 is 1.00 bits per heavy atom. The van der Waals surface area contributed by atoms with E-state index in [1.54, 1.807) is 11.3 Å². The molecule has 1 amide bonds. The molecule has 1 aliphatic carbocycles. The quantitative estimate of drug-likeness (QED) is 0.304. The van der Waals surface area contributed by atoms with Gasteiger partial charge in [-0.3, -0.25) is 4.79 Å². The number of benzene rings is 3. The number of nitrogens with one attached hydrogen (secondary N) is 1. The molecule has 0 radical (unpaired) electrons. The van der Waals surface area contributed by atoms with Crippen molar-refractivity contribution in [2.45, 2.75) is 40.0 Å². The maximum Gasteiger partial charge on any atom is 0.259 e. The number of anilines is 1. The van der Waals surface area contributed by atoms with Crippen LogP contribution in [0, 0.1) is 11.3 Å². The van der Waals surface area contributed by atoms with E-state index in [0.29, 0.717) is 5.92 Å². The van der Waals surface area contributed by atoms with E-state index in [0.717, 1.165) is 51.9 Å². The van der Waals surface area contributed by atoms with Crippen LogP contribution in [-0.2, 0) is 12.8 Å². The van der Waals surface area contributed by atoms with Crippen LogP contribution in [0.5, 0.6) is 0 Å². The standard InChI is InChI=1S/C30H30N2OS/c1-30(2,3)22-16-17-24-26(18-22)34-29(31-19-20-10-5-4-6-11-20)27(24)28(33)32-25-15-9-13-21-12-7-8-14-23(21)25/h4-15,19,22H,16-18H2,1-3H3,(H,32,33). The Hall–Kier alpha value is -3.24. The monoisotopic (exact) mass is 466 g/mol. The lowest BCUT2D eigenvalue weighted by Gasteiger charge is -2.33. The average molecular weight is 467 g/mol. The van der Waals surface area contributed by atoms with Crippen LogP contribution in [0.3, 0.4) is 0 Å². The van der Waals surface area contributed by atoms with E-state index in [9.17, 15) is 4.79 Å². The predicted octanol–water partition coefficient (Wildman–Crippen LogP) is 8.06. The van der Waals surface area contributed by atoms with Crippen LogP contribution in [-0.4, -0.2) is 12.1 Å². The number of thiophene rings is 1. The number of amides is 1. The number of nitrogens with zero attached hydrogens (tertiary/aromatic N) is 1. The molecule has 1 unspecified atom stereocenters. The van der Waals surface area contributed by atoms with Crippen LogP contribution in [0.2, 0.25) is 0 Å². The third-order valence-corrected chi connectivity index (χ3v) is 8.03. The van der Waals surface area contributed by atoms with Gasteiger partial charge in [-0.05, 0) is 53.2 Å². The molecule has 1 aliphatic rings. The first-order chi connectivity index (χ1) is 16.4. The molecule has 0 bridgehead atoms. The first-order valence-electron chi connectivity index (χ1n) is 11.9. The zero-order chi connectivity index (χ0) is 23.7. The summed E-state index contributed by atoms with van der Waals surface area (Å²) in [5.74, 6) is 0.543. The number of hydrogen-bond donors (Lipinski definition) is 1. The summed E-state index contributed by atoms with van der Waals surface area (Å²) in [7, 11) is 0. The first-order valence-corrected chi connectivity index (χ1v) is 12.7. The zero-order valence-corrected chi connectivity index (χ0v) is 20.8. The second kappa shape index (κ2) is 9.19. The summed E-state index contributed by atoms with van der Waals surface area (Å²) in [6, 6.07) is 24.2. The van der Waals surface area contributed by atoms with Gasteiger partial charge in [-0.1, -0.05) is 87.5 Å². The summed E-state index contributed by atoms with van der Waals surface area (Å²) >= 11 is 1.68. The highest BCUT2D eigenvalue weighted by Gasteiger charge is 2.33. The predicted molar refractivity (Wildman–Crippen MR) is 145 cm³/mol. The molecule has 4 heteroatoms. The Morgan fingerprint density at radius 3 is 2.53 bits per heavy atom. The SMILES string of the molecule is CC(C)(C)C1CCc2c(sc(N=Cc3ccccc3)c2C(=O)Nc2cccc3ccccc23)C1. The van der Waals surface area contributed by atoms with Crippen LogP contribution in [0.25, 0.3) is 10.8 Å². The Balaban J connectivity index is 1.53. The maximum absolute atomic E-state index is 13.7. The summed E-state index contributed by atoms with van der Waals surface area (Å²) in [6.45, 7) is 6.95. The van der Waals surface area contributed by atoms with Crippen molar-refractivity contribution in [3.05, 3.63) is 94.4 Å². The fraction of sp³-hybridized carbons (Fsp3) is 0.267. The summed E-state index contributed by atoms with van der Waals surface area (Å²) in [4.78, 5) is 19.9. The zero-order valence-electron chi connectivity index (χ0n) is 20.0. The van der Waals surface area contributed by atoms with Gasteiger partial charge in [0, 0.05) is 22.2 Å². The summed E-state index contributed by atoms with van der Waals surface area (Å²) in [5, 5.41) is 6.18. The highest BCUT2D eigenvalue weighted by molar-refractivity contribution is 7.16. The lowest BCUT2D eigenvalue weighted by atomic mass is 9.72. The molecule has 3 aromatic carbocycles. The van der Waals surface area contributed by atoms with Gasteiger partial charge in [0.25, 0.3) is 5.91 Å². The van der Waals surface area contributed by atoms with Crippen LogP contribution in [0.15, 0.2) is 77.8 Å². The van der Waals surface area contributed by atoms with Gasteiger partial charge in [0.1, 0.15) is 5.00 Å². The molecule has 1 atom stereocenters. The normalized spacial score (nSPS) is 16.0. The van der Waals surface area contributed by atoms with Crippen molar-refractivity contribution in [1.82, 2.24) is 0 Å². The Morgan fingerprint density at radius 2 is 1.74 bits per heavy atom. The largest absolute Gasteiger partial charge is 0.321 e. The molecule has 172 valence electrons. The van der Waals surface area contributed by atoms with E-state index in [1.807, 2.05) is 60.8 Å². The highest BCUT2D eigenvalue weighted by Crippen LogP contribution is 2.45. The number of hydrogen-bond acceptors (Lipinski definition) is 3. The van der Waals surface area contributed by atoms with Gasteiger partial charge >= 0.3 is 0 Å². The average Bonchev–Trinajstić information content (AvgIpc) is 3.21. The molecule has 1 N–H and O–H groups in total. The molecule has 0 saturated heterocycles. The topological polar surface area (TPSA) is 41.5 Å². The third kappa shape index (κ3) is 4.55. The van der Waals surface area contributed by atoms with Crippen molar-refractivity contribution < 1.29 is 4.79 Å². The molecule has 0 saturated carbocycles. The Labute approximate surface area is 205 Å². The van der Waals surface area contributed by atoms with Gasteiger partial charge in [-0.15, -0.1) is 11.3 Å². The number of carbonyl (C=O) groups is 1. The molecular formula is C30H30N2OS. The van der Waals surface area contributed by atoms with Crippen molar-refractivity contribution in [2.24, 2.45) is 16.3 Å².